The third-order valence-electron chi connectivity index (χ3n) is 4.04. The van der Waals surface area contributed by atoms with Crippen molar-refractivity contribution in [2.45, 2.75) is 19.8 Å². The number of fused-ring (bicyclic) bond motifs is 2. The Labute approximate surface area is 151 Å². The first-order valence-electron chi connectivity index (χ1n) is 7.98. The van der Waals surface area contributed by atoms with Gasteiger partial charge in [0, 0.05) is 11.8 Å². The lowest BCUT2D eigenvalue weighted by atomic mass is 10.2. The third-order valence-corrected chi connectivity index (χ3v) is 4.04. The molecule has 0 saturated carbocycles. The number of para-hydroxylation sites is 1. The molecule has 7 nitrogen and oxygen atoms in total. The maximum absolute atomic E-state index is 13.1. The van der Waals surface area contributed by atoms with Gasteiger partial charge in [-0.25, -0.2) is 4.98 Å². The zero-order chi connectivity index (χ0) is 19.2. The summed E-state index contributed by atoms with van der Waals surface area (Å²) in [5.74, 6) is -0.426. The van der Waals surface area contributed by atoms with Crippen LogP contribution in [0.25, 0.3) is 10.9 Å². The van der Waals surface area contributed by atoms with Gasteiger partial charge in [-0.1, -0.05) is 12.1 Å². The van der Waals surface area contributed by atoms with Gasteiger partial charge < -0.3 is 14.8 Å². The number of aryl methyl sites for hydroxylation is 1. The lowest BCUT2D eigenvalue weighted by Gasteiger charge is -2.11. The van der Waals surface area contributed by atoms with E-state index < -0.39 is 12.2 Å². The third kappa shape index (κ3) is 3.19. The van der Waals surface area contributed by atoms with E-state index in [0.717, 1.165) is 0 Å². The number of rotatable bonds is 3. The van der Waals surface area contributed by atoms with Crippen molar-refractivity contribution in [3.63, 3.8) is 0 Å². The quantitative estimate of drug-likeness (QED) is 0.763. The standard InChI is InChI=1S/C18H13F2N3O4/c1-10-21-13-5-3-2-4-12(13)17(25)23(10)9-16(24)22-11-6-7-14-15(8-11)27-18(19,20)26-14/h2-8H,9H2,1H3,(H,22,24). The normalized spacial score (nSPS) is 14.3. The van der Waals surface area contributed by atoms with E-state index in [4.69, 9.17) is 0 Å². The van der Waals surface area contributed by atoms with Gasteiger partial charge >= 0.3 is 6.29 Å². The fraction of sp³-hybridized carbons (Fsp3) is 0.167. The fourth-order valence-electron chi connectivity index (χ4n) is 2.84. The first-order chi connectivity index (χ1) is 12.8. The number of nitrogens with one attached hydrogen (secondary N) is 1. The smallest absolute Gasteiger partial charge is 0.395 e. The summed E-state index contributed by atoms with van der Waals surface area (Å²) in [6.07, 6.45) is -3.73. The number of nitrogens with zero attached hydrogens (tertiary/aromatic N) is 2. The lowest BCUT2D eigenvalue weighted by molar-refractivity contribution is -0.286. The second-order valence-corrected chi connectivity index (χ2v) is 5.94. The van der Waals surface area contributed by atoms with Crippen molar-refractivity contribution in [3.8, 4) is 11.5 Å². The van der Waals surface area contributed by atoms with Crippen molar-refractivity contribution in [2.75, 3.05) is 5.32 Å². The summed E-state index contributed by atoms with van der Waals surface area (Å²) >= 11 is 0. The number of carbonyl (C=O) groups excluding carboxylic acids is 1. The Morgan fingerprint density at radius 1 is 1.19 bits per heavy atom. The molecule has 1 N–H and O–H groups in total. The van der Waals surface area contributed by atoms with Gasteiger partial charge in [0.15, 0.2) is 11.5 Å². The van der Waals surface area contributed by atoms with Crippen molar-refractivity contribution < 1.29 is 23.0 Å². The summed E-state index contributed by atoms with van der Waals surface area (Å²) < 4.78 is 36.0. The van der Waals surface area contributed by atoms with Gasteiger partial charge in [0.1, 0.15) is 12.4 Å². The Bertz CT molecular complexity index is 1130. The van der Waals surface area contributed by atoms with Crippen molar-refractivity contribution in [3.05, 3.63) is 58.6 Å². The molecule has 2 heterocycles. The molecule has 0 unspecified atom stereocenters. The predicted molar refractivity (Wildman–Crippen MR) is 92.0 cm³/mol. The first-order valence-corrected chi connectivity index (χ1v) is 7.98. The number of aromatic nitrogens is 2. The van der Waals surface area contributed by atoms with Crippen LogP contribution in [0.2, 0.25) is 0 Å². The number of hydrogen-bond acceptors (Lipinski definition) is 5. The highest BCUT2D eigenvalue weighted by Crippen LogP contribution is 2.42. The second kappa shape index (κ2) is 6.04. The van der Waals surface area contributed by atoms with Gasteiger partial charge in [-0.3, -0.25) is 14.2 Å². The fourth-order valence-corrected chi connectivity index (χ4v) is 2.84. The Hall–Kier alpha value is -3.49. The molecule has 9 heteroatoms. The van der Waals surface area contributed by atoms with E-state index in [1.807, 2.05) is 0 Å². The molecule has 138 valence electrons. The highest BCUT2D eigenvalue weighted by atomic mass is 19.3. The molecule has 1 aromatic heterocycles. The van der Waals surface area contributed by atoms with Gasteiger partial charge in [0.2, 0.25) is 5.91 Å². The van der Waals surface area contributed by atoms with E-state index in [0.29, 0.717) is 16.7 Å². The highest BCUT2D eigenvalue weighted by molar-refractivity contribution is 5.91. The highest BCUT2D eigenvalue weighted by Gasteiger charge is 2.43. The van der Waals surface area contributed by atoms with Crippen LogP contribution in [-0.4, -0.2) is 21.8 Å². The van der Waals surface area contributed by atoms with E-state index in [2.05, 4.69) is 19.8 Å². The topological polar surface area (TPSA) is 82.5 Å². The van der Waals surface area contributed by atoms with Crippen LogP contribution in [0.3, 0.4) is 0 Å². The summed E-state index contributed by atoms with van der Waals surface area (Å²) in [5, 5.41) is 2.95. The molecule has 0 spiro atoms. The van der Waals surface area contributed by atoms with Crippen LogP contribution in [0.15, 0.2) is 47.3 Å². The van der Waals surface area contributed by atoms with Gasteiger partial charge in [0.25, 0.3) is 5.56 Å². The van der Waals surface area contributed by atoms with Gasteiger partial charge in [0.05, 0.1) is 10.9 Å². The Kier molecular flexibility index (Phi) is 3.79. The van der Waals surface area contributed by atoms with Gasteiger partial charge in [-0.2, -0.15) is 0 Å². The van der Waals surface area contributed by atoms with Crippen molar-refractivity contribution in [2.24, 2.45) is 0 Å². The average Bonchev–Trinajstić information content (AvgIpc) is 2.91. The van der Waals surface area contributed by atoms with Crippen LogP contribution in [0.1, 0.15) is 5.82 Å². The van der Waals surface area contributed by atoms with Crippen LogP contribution in [-0.2, 0) is 11.3 Å². The Morgan fingerprint density at radius 2 is 1.93 bits per heavy atom. The molecule has 0 atom stereocenters. The maximum Gasteiger partial charge on any atom is 0.586 e. The summed E-state index contributed by atoms with van der Waals surface area (Å²) in [7, 11) is 0. The SMILES string of the molecule is Cc1nc2ccccc2c(=O)n1CC(=O)Nc1ccc2c(c1)OC(F)(F)O2. The average molecular weight is 373 g/mol. The van der Waals surface area contributed by atoms with Crippen molar-refractivity contribution in [1.29, 1.82) is 0 Å². The van der Waals surface area contributed by atoms with E-state index in [9.17, 15) is 18.4 Å². The van der Waals surface area contributed by atoms with E-state index in [1.54, 1.807) is 31.2 Å². The minimum absolute atomic E-state index is 0.121. The summed E-state index contributed by atoms with van der Waals surface area (Å²) in [6.45, 7) is 1.36. The van der Waals surface area contributed by atoms with Crippen LogP contribution in [0.5, 0.6) is 11.5 Å². The first kappa shape index (κ1) is 17.0. The van der Waals surface area contributed by atoms with Crippen LogP contribution in [0.4, 0.5) is 14.5 Å². The molecule has 27 heavy (non-hydrogen) atoms. The van der Waals surface area contributed by atoms with E-state index in [1.165, 1.54) is 22.8 Å². The predicted octanol–water partition coefficient (Wildman–Crippen LogP) is 2.67. The Balaban J connectivity index is 1.56. The van der Waals surface area contributed by atoms with Crippen molar-refractivity contribution in [1.82, 2.24) is 9.55 Å². The molecule has 0 fully saturated rings. The van der Waals surface area contributed by atoms with Gasteiger partial charge in [-0.05, 0) is 31.2 Å². The van der Waals surface area contributed by atoms with E-state index >= 15 is 0 Å². The number of hydrogen-bond donors (Lipinski definition) is 1. The lowest BCUT2D eigenvalue weighted by Crippen LogP contribution is -2.30. The molecule has 0 radical (unpaired) electrons. The second-order valence-electron chi connectivity index (χ2n) is 5.94. The molecule has 1 aliphatic heterocycles. The molecular weight excluding hydrogens is 360 g/mol. The molecule has 0 bridgehead atoms. The van der Waals surface area contributed by atoms with Crippen LogP contribution in [0, 0.1) is 6.92 Å². The molecule has 0 saturated heterocycles. The number of ether oxygens (including phenoxy) is 2. The summed E-state index contributed by atoms with van der Waals surface area (Å²) in [5.41, 5.74) is 0.450. The van der Waals surface area contributed by atoms with Crippen LogP contribution >= 0.6 is 0 Å². The molecule has 2 aromatic carbocycles. The number of amides is 1. The molecular formula is C18H13F2N3O4. The zero-order valence-electron chi connectivity index (χ0n) is 14.0. The largest absolute Gasteiger partial charge is 0.586 e. The monoisotopic (exact) mass is 373 g/mol. The Morgan fingerprint density at radius 3 is 2.74 bits per heavy atom. The number of halogens is 2. The molecule has 3 aromatic rings. The van der Waals surface area contributed by atoms with Crippen LogP contribution < -0.4 is 20.3 Å². The summed E-state index contributed by atoms with van der Waals surface area (Å²) in [6, 6.07) is 10.7. The molecule has 1 amide bonds. The molecule has 1 aliphatic rings. The minimum Gasteiger partial charge on any atom is -0.395 e. The zero-order valence-corrected chi connectivity index (χ0v) is 14.0. The van der Waals surface area contributed by atoms with E-state index in [-0.39, 0.29) is 29.3 Å². The van der Waals surface area contributed by atoms with Crippen molar-refractivity contribution >= 4 is 22.5 Å². The number of alkyl halides is 2. The summed E-state index contributed by atoms with van der Waals surface area (Å²) in [4.78, 5) is 29.2. The number of carbonyl (C=O) groups is 1. The molecule has 0 aliphatic carbocycles. The van der Waals surface area contributed by atoms with Gasteiger partial charge in [-0.15, -0.1) is 8.78 Å². The minimum atomic E-state index is -3.73. The number of benzene rings is 2. The molecule has 4 rings (SSSR count). The maximum atomic E-state index is 13.1. The number of anilines is 1.